The number of ether oxygens (including phenoxy) is 1. The van der Waals surface area contributed by atoms with Gasteiger partial charge in [-0.3, -0.25) is 0 Å². The number of nitrogens with zero attached hydrogens (tertiary/aromatic N) is 1. The summed E-state index contributed by atoms with van der Waals surface area (Å²) in [6.45, 7) is 0.0851. The Labute approximate surface area is 101 Å². The highest BCUT2D eigenvalue weighted by molar-refractivity contribution is 14.1. The van der Waals surface area contributed by atoms with Gasteiger partial charge in [-0.2, -0.15) is 5.26 Å². The molecule has 4 heteroatoms. The minimum Gasteiger partial charge on any atom is -0.449 e. The van der Waals surface area contributed by atoms with Gasteiger partial charge in [0.05, 0.1) is 17.2 Å². The molecular formula is C11H6INO2. The predicted octanol–water partition coefficient (Wildman–Crippen LogP) is 2.11. The number of carbonyl (C=O) groups excluding carboxylic acids is 1. The molecule has 0 amide bonds. The van der Waals surface area contributed by atoms with Crippen LogP contribution in [0.4, 0.5) is 0 Å². The number of rotatable bonds is 2. The molecule has 0 bridgehead atoms. The van der Waals surface area contributed by atoms with Crippen molar-refractivity contribution < 1.29 is 9.53 Å². The molecule has 0 saturated carbocycles. The van der Waals surface area contributed by atoms with Crippen LogP contribution in [0, 0.1) is 21.2 Å². The zero-order valence-corrected chi connectivity index (χ0v) is 9.82. The molecule has 3 nitrogen and oxygen atoms in total. The number of hydrogen-bond donors (Lipinski definition) is 0. The third-order valence-electron chi connectivity index (χ3n) is 1.59. The van der Waals surface area contributed by atoms with E-state index in [2.05, 4.69) is 9.85 Å². The van der Waals surface area contributed by atoms with Gasteiger partial charge in [0.2, 0.25) is 0 Å². The monoisotopic (exact) mass is 311 g/mol. The summed E-state index contributed by atoms with van der Waals surface area (Å²) in [4.78, 5) is 11.3. The fourth-order valence-electron chi connectivity index (χ4n) is 0.893. The maximum atomic E-state index is 11.3. The van der Waals surface area contributed by atoms with Crippen molar-refractivity contribution >= 4 is 28.6 Å². The predicted molar refractivity (Wildman–Crippen MR) is 63.2 cm³/mol. The fourth-order valence-corrected chi connectivity index (χ4v) is 1.05. The summed E-state index contributed by atoms with van der Waals surface area (Å²) < 4.78 is 7.43. The van der Waals surface area contributed by atoms with Crippen LogP contribution in [0.5, 0.6) is 0 Å². The van der Waals surface area contributed by atoms with Gasteiger partial charge in [0.15, 0.2) is 6.61 Å². The molecule has 0 aliphatic rings. The van der Waals surface area contributed by atoms with E-state index >= 15 is 0 Å². The van der Waals surface area contributed by atoms with Gasteiger partial charge in [0.1, 0.15) is 0 Å². The number of esters is 1. The van der Waals surface area contributed by atoms with Gasteiger partial charge in [0.25, 0.3) is 0 Å². The second-order valence-corrected chi connectivity index (χ2v) is 3.08. The minimum absolute atomic E-state index is 0.0851. The number of carbonyl (C=O) groups is 1. The SMILES string of the molecule is N#Cc1ccc(C(=O)OCC#CI)cc1. The van der Waals surface area contributed by atoms with E-state index in [0.29, 0.717) is 11.1 Å². The van der Waals surface area contributed by atoms with E-state index in [-0.39, 0.29) is 6.61 Å². The van der Waals surface area contributed by atoms with Gasteiger partial charge in [-0.05, 0) is 28.2 Å². The van der Waals surface area contributed by atoms with Gasteiger partial charge < -0.3 is 4.74 Å². The Balaban J connectivity index is 2.65. The van der Waals surface area contributed by atoms with Crippen molar-refractivity contribution in [3.05, 3.63) is 35.4 Å². The van der Waals surface area contributed by atoms with Crippen molar-refractivity contribution in [3.8, 4) is 15.9 Å². The highest BCUT2D eigenvalue weighted by atomic mass is 127. The van der Waals surface area contributed by atoms with Gasteiger partial charge >= 0.3 is 5.97 Å². The van der Waals surface area contributed by atoms with Gasteiger partial charge in [-0.1, -0.05) is 5.92 Å². The second-order valence-electron chi connectivity index (χ2n) is 2.54. The first-order valence-electron chi connectivity index (χ1n) is 4.03. The molecule has 1 aromatic carbocycles. The summed E-state index contributed by atoms with van der Waals surface area (Å²) >= 11 is 1.87. The lowest BCUT2D eigenvalue weighted by atomic mass is 10.1. The van der Waals surface area contributed by atoms with Crippen LogP contribution in [-0.4, -0.2) is 12.6 Å². The second kappa shape index (κ2) is 6.05. The molecule has 0 aromatic heterocycles. The van der Waals surface area contributed by atoms with E-state index in [0.717, 1.165) is 0 Å². The van der Waals surface area contributed by atoms with Crippen molar-refractivity contribution in [2.75, 3.05) is 6.61 Å². The van der Waals surface area contributed by atoms with Crippen LogP contribution in [0.25, 0.3) is 0 Å². The molecule has 0 spiro atoms. The number of hydrogen-bond acceptors (Lipinski definition) is 3. The van der Waals surface area contributed by atoms with Crippen molar-refractivity contribution in [2.24, 2.45) is 0 Å². The zero-order chi connectivity index (χ0) is 11.1. The van der Waals surface area contributed by atoms with Crippen LogP contribution in [0.3, 0.4) is 0 Å². The maximum absolute atomic E-state index is 11.3. The molecule has 0 saturated heterocycles. The van der Waals surface area contributed by atoms with E-state index in [1.165, 1.54) is 0 Å². The average Bonchev–Trinajstić information content (AvgIpc) is 2.29. The molecule has 0 aliphatic heterocycles. The fraction of sp³-hybridized carbons (Fsp3) is 0.0909. The Kier molecular flexibility index (Phi) is 4.65. The summed E-state index contributed by atoms with van der Waals surface area (Å²) in [6, 6.07) is 8.22. The first-order chi connectivity index (χ1) is 7.27. The van der Waals surface area contributed by atoms with E-state index in [4.69, 9.17) is 10.00 Å². The molecule has 0 N–H and O–H groups in total. The summed E-state index contributed by atoms with van der Waals surface area (Å²) in [5, 5.41) is 8.56. The standard InChI is InChI=1S/C11H6INO2/c12-6-1-7-15-11(14)10-4-2-9(8-13)3-5-10/h2-5H,7H2. The van der Waals surface area contributed by atoms with Crippen LogP contribution in [-0.2, 0) is 4.74 Å². The van der Waals surface area contributed by atoms with Crippen LogP contribution < -0.4 is 0 Å². The maximum Gasteiger partial charge on any atom is 0.339 e. The van der Waals surface area contributed by atoms with Gasteiger partial charge in [-0.25, -0.2) is 4.79 Å². The summed E-state index contributed by atoms with van der Waals surface area (Å²) in [7, 11) is 0. The quantitative estimate of drug-likeness (QED) is 0.477. The summed E-state index contributed by atoms with van der Waals surface area (Å²) in [5.41, 5.74) is 0.933. The lowest BCUT2D eigenvalue weighted by Crippen LogP contribution is -2.04. The van der Waals surface area contributed by atoms with Crippen LogP contribution >= 0.6 is 22.6 Å². The van der Waals surface area contributed by atoms with E-state index in [9.17, 15) is 4.79 Å². The highest BCUT2D eigenvalue weighted by Gasteiger charge is 2.05. The number of benzene rings is 1. The molecule has 1 rings (SSSR count). The van der Waals surface area contributed by atoms with Crippen molar-refractivity contribution in [3.63, 3.8) is 0 Å². The topological polar surface area (TPSA) is 50.1 Å². The third kappa shape index (κ3) is 3.61. The van der Waals surface area contributed by atoms with Crippen LogP contribution in [0.2, 0.25) is 0 Å². The van der Waals surface area contributed by atoms with Crippen molar-refractivity contribution in [1.29, 1.82) is 5.26 Å². The Bertz CT molecular complexity index is 448. The first-order valence-corrected chi connectivity index (χ1v) is 5.11. The smallest absolute Gasteiger partial charge is 0.339 e. The van der Waals surface area contributed by atoms with Crippen LogP contribution in [0.1, 0.15) is 15.9 Å². The molecule has 0 atom stereocenters. The first kappa shape index (κ1) is 11.5. The Hall–Kier alpha value is -1.53. The molecule has 74 valence electrons. The van der Waals surface area contributed by atoms with Gasteiger partial charge in [-0.15, -0.1) is 0 Å². The number of halogens is 1. The average molecular weight is 311 g/mol. The highest BCUT2D eigenvalue weighted by Crippen LogP contribution is 2.04. The summed E-state index contributed by atoms with van der Waals surface area (Å²) in [5.74, 6) is 2.18. The molecule has 0 fully saturated rings. The molecule has 15 heavy (non-hydrogen) atoms. The molecule has 0 aliphatic carbocycles. The Morgan fingerprint density at radius 1 is 1.40 bits per heavy atom. The molecular weight excluding hydrogens is 305 g/mol. The van der Waals surface area contributed by atoms with Crippen molar-refractivity contribution in [1.82, 2.24) is 0 Å². The Morgan fingerprint density at radius 3 is 2.60 bits per heavy atom. The zero-order valence-electron chi connectivity index (χ0n) is 7.66. The Morgan fingerprint density at radius 2 is 2.07 bits per heavy atom. The summed E-state index contributed by atoms with van der Waals surface area (Å²) in [6.07, 6.45) is 0. The third-order valence-corrected chi connectivity index (χ3v) is 1.97. The normalized spacial score (nSPS) is 8.27. The van der Waals surface area contributed by atoms with Crippen LogP contribution in [0.15, 0.2) is 24.3 Å². The lowest BCUT2D eigenvalue weighted by Gasteiger charge is -1.99. The minimum atomic E-state index is -0.432. The number of nitriles is 1. The van der Waals surface area contributed by atoms with E-state index in [1.54, 1.807) is 24.3 Å². The van der Waals surface area contributed by atoms with Crippen molar-refractivity contribution in [2.45, 2.75) is 0 Å². The molecule has 0 heterocycles. The van der Waals surface area contributed by atoms with Gasteiger partial charge in [0, 0.05) is 22.6 Å². The largest absolute Gasteiger partial charge is 0.449 e. The van der Waals surface area contributed by atoms with E-state index in [1.807, 2.05) is 28.7 Å². The van der Waals surface area contributed by atoms with E-state index < -0.39 is 5.97 Å². The molecule has 1 aromatic rings. The lowest BCUT2D eigenvalue weighted by molar-refractivity contribution is 0.0557. The molecule has 0 radical (unpaired) electrons. The molecule has 0 unspecified atom stereocenters.